The van der Waals surface area contributed by atoms with E-state index in [4.69, 9.17) is 4.98 Å². The number of hydrogen-bond donors (Lipinski definition) is 0. The molecule has 126 valence electrons. The largest absolute Gasteiger partial charge is 0.255 e. The Morgan fingerprint density at radius 1 is 0.654 bits per heavy atom. The normalized spacial score (nSPS) is 10.7. The first-order chi connectivity index (χ1) is 12.7. The second-order valence-corrected chi connectivity index (χ2v) is 7.13. The smallest absolute Gasteiger partial charge is 0.0899 e. The third kappa shape index (κ3) is 3.58. The monoisotopic (exact) mass is 400 g/mol. The molecule has 0 atom stereocenters. The Balaban J connectivity index is 1.91. The fourth-order valence-electron chi connectivity index (χ4n) is 2.88. The molecule has 3 heteroatoms. The van der Waals surface area contributed by atoms with Crippen LogP contribution in [-0.4, -0.2) is 9.97 Å². The van der Waals surface area contributed by atoms with Crippen LogP contribution in [0.3, 0.4) is 0 Å². The van der Waals surface area contributed by atoms with Crippen molar-refractivity contribution in [2.75, 3.05) is 0 Å². The molecule has 0 aliphatic heterocycles. The van der Waals surface area contributed by atoms with Crippen molar-refractivity contribution in [1.82, 2.24) is 9.97 Å². The van der Waals surface area contributed by atoms with Gasteiger partial charge in [0.2, 0.25) is 0 Å². The standard InChI is InChI=1S/C23H17BrN2/c1-16-8-10-17(11-9-16)22-14-19(18-5-4-6-20(24)13-18)15-23(26-22)21-7-2-3-12-25-21/h2-15H,1H3. The van der Waals surface area contributed by atoms with Gasteiger partial charge in [0.15, 0.2) is 0 Å². The Labute approximate surface area is 161 Å². The van der Waals surface area contributed by atoms with E-state index in [1.54, 1.807) is 6.20 Å². The number of nitrogens with zero attached hydrogens (tertiary/aromatic N) is 2. The number of rotatable bonds is 3. The fraction of sp³-hybridized carbons (Fsp3) is 0.0435. The highest BCUT2D eigenvalue weighted by molar-refractivity contribution is 9.10. The van der Waals surface area contributed by atoms with Crippen molar-refractivity contribution in [2.45, 2.75) is 6.92 Å². The minimum atomic E-state index is 0.873. The summed E-state index contributed by atoms with van der Waals surface area (Å²) < 4.78 is 1.06. The lowest BCUT2D eigenvalue weighted by Gasteiger charge is -2.10. The summed E-state index contributed by atoms with van der Waals surface area (Å²) in [5.74, 6) is 0. The van der Waals surface area contributed by atoms with Crippen LogP contribution in [0.1, 0.15) is 5.56 Å². The third-order valence-corrected chi connectivity index (χ3v) is 4.75. The number of benzene rings is 2. The SMILES string of the molecule is Cc1ccc(-c2cc(-c3cccc(Br)c3)cc(-c3ccccn3)n2)cc1. The molecular formula is C23H17BrN2. The van der Waals surface area contributed by atoms with E-state index in [2.05, 4.69) is 76.4 Å². The van der Waals surface area contributed by atoms with Gasteiger partial charge in [-0.05, 0) is 54.4 Å². The molecule has 0 fully saturated rings. The molecule has 2 aromatic heterocycles. The molecule has 0 spiro atoms. The molecule has 0 N–H and O–H groups in total. The van der Waals surface area contributed by atoms with Gasteiger partial charge in [-0.3, -0.25) is 4.98 Å². The van der Waals surface area contributed by atoms with E-state index < -0.39 is 0 Å². The van der Waals surface area contributed by atoms with Gasteiger partial charge in [-0.1, -0.05) is 64.0 Å². The molecule has 2 nitrogen and oxygen atoms in total. The van der Waals surface area contributed by atoms with Gasteiger partial charge < -0.3 is 0 Å². The molecule has 0 radical (unpaired) electrons. The van der Waals surface area contributed by atoms with Crippen LogP contribution in [0.2, 0.25) is 0 Å². The van der Waals surface area contributed by atoms with Gasteiger partial charge in [0.1, 0.15) is 0 Å². The van der Waals surface area contributed by atoms with Crippen LogP contribution in [0.4, 0.5) is 0 Å². The molecular weight excluding hydrogens is 384 g/mol. The van der Waals surface area contributed by atoms with Crippen LogP contribution >= 0.6 is 15.9 Å². The van der Waals surface area contributed by atoms with E-state index >= 15 is 0 Å². The second kappa shape index (κ2) is 7.22. The van der Waals surface area contributed by atoms with Crippen molar-refractivity contribution in [3.63, 3.8) is 0 Å². The van der Waals surface area contributed by atoms with E-state index in [1.165, 1.54) is 5.56 Å². The lowest BCUT2D eigenvalue weighted by Crippen LogP contribution is -1.92. The third-order valence-electron chi connectivity index (χ3n) is 4.26. The molecule has 0 saturated carbocycles. The van der Waals surface area contributed by atoms with Crippen LogP contribution < -0.4 is 0 Å². The van der Waals surface area contributed by atoms with Gasteiger partial charge in [0, 0.05) is 16.2 Å². The fourth-order valence-corrected chi connectivity index (χ4v) is 3.28. The Morgan fingerprint density at radius 2 is 1.46 bits per heavy atom. The number of aromatic nitrogens is 2. The lowest BCUT2D eigenvalue weighted by molar-refractivity contribution is 1.25. The molecule has 0 aliphatic rings. The summed E-state index contributed by atoms with van der Waals surface area (Å²) in [6, 6.07) is 26.9. The van der Waals surface area contributed by atoms with Crippen LogP contribution in [-0.2, 0) is 0 Å². The zero-order valence-corrected chi connectivity index (χ0v) is 15.9. The average molecular weight is 401 g/mol. The maximum absolute atomic E-state index is 4.88. The minimum absolute atomic E-state index is 0.873. The molecule has 0 bridgehead atoms. The molecule has 0 amide bonds. The molecule has 2 heterocycles. The van der Waals surface area contributed by atoms with Gasteiger partial charge in [-0.25, -0.2) is 4.98 Å². The van der Waals surface area contributed by atoms with Crippen LogP contribution in [0.25, 0.3) is 33.8 Å². The van der Waals surface area contributed by atoms with Crippen molar-refractivity contribution < 1.29 is 0 Å². The van der Waals surface area contributed by atoms with E-state index in [0.717, 1.165) is 38.2 Å². The maximum Gasteiger partial charge on any atom is 0.0899 e. The zero-order chi connectivity index (χ0) is 17.9. The van der Waals surface area contributed by atoms with Gasteiger partial charge in [0.05, 0.1) is 17.1 Å². The first kappa shape index (κ1) is 16.7. The zero-order valence-electron chi connectivity index (χ0n) is 14.4. The highest BCUT2D eigenvalue weighted by Gasteiger charge is 2.09. The Kier molecular flexibility index (Phi) is 4.63. The van der Waals surface area contributed by atoms with Gasteiger partial charge >= 0.3 is 0 Å². The molecule has 4 rings (SSSR count). The van der Waals surface area contributed by atoms with E-state index in [1.807, 2.05) is 30.3 Å². The van der Waals surface area contributed by atoms with E-state index in [-0.39, 0.29) is 0 Å². The summed E-state index contributed by atoms with van der Waals surface area (Å²) >= 11 is 3.57. The topological polar surface area (TPSA) is 25.8 Å². The van der Waals surface area contributed by atoms with Crippen LogP contribution in [0, 0.1) is 6.92 Å². The summed E-state index contributed by atoms with van der Waals surface area (Å²) in [7, 11) is 0. The summed E-state index contributed by atoms with van der Waals surface area (Å²) in [5.41, 5.74) is 7.30. The maximum atomic E-state index is 4.88. The van der Waals surface area contributed by atoms with Crippen molar-refractivity contribution in [3.8, 4) is 33.8 Å². The van der Waals surface area contributed by atoms with Gasteiger partial charge in [-0.2, -0.15) is 0 Å². The second-order valence-electron chi connectivity index (χ2n) is 6.22. The summed E-state index contributed by atoms with van der Waals surface area (Å²) in [6.45, 7) is 2.09. The number of pyridine rings is 2. The van der Waals surface area contributed by atoms with Crippen molar-refractivity contribution in [2.24, 2.45) is 0 Å². The lowest BCUT2D eigenvalue weighted by atomic mass is 10.0. The first-order valence-electron chi connectivity index (χ1n) is 8.45. The molecule has 0 saturated heterocycles. The van der Waals surface area contributed by atoms with Gasteiger partial charge in [-0.15, -0.1) is 0 Å². The molecule has 0 aliphatic carbocycles. The van der Waals surface area contributed by atoms with Crippen molar-refractivity contribution in [1.29, 1.82) is 0 Å². The van der Waals surface area contributed by atoms with Gasteiger partial charge in [0.25, 0.3) is 0 Å². The van der Waals surface area contributed by atoms with E-state index in [9.17, 15) is 0 Å². The summed E-state index contributed by atoms with van der Waals surface area (Å²) in [4.78, 5) is 9.36. The highest BCUT2D eigenvalue weighted by atomic mass is 79.9. The van der Waals surface area contributed by atoms with Crippen molar-refractivity contribution in [3.05, 3.63) is 95.1 Å². The molecule has 26 heavy (non-hydrogen) atoms. The number of hydrogen-bond acceptors (Lipinski definition) is 2. The predicted octanol–water partition coefficient (Wildman–Crippen LogP) is 6.55. The molecule has 4 aromatic rings. The summed E-state index contributed by atoms with van der Waals surface area (Å²) in [5, 5.41) is 0. The Hall–Kier alpha value is -2.78. The predicted molar refractivity (Wildman–Crippen MR) is 111 cm³/mol. The van der Waals surface area contributed by atoms with E-state index in [0.29, 0.717) is 0 Å². The average Bonchev–Trinajstić information content (AvgIpc) is 2.69. The van der Waals surface area contributed by atoms with Crippen LogP contribution in [0.5, 0.6) is 0 Å². The number of aryl methyl sites for hydroxylation is 1. The highest BCUT2D eigenvalue weighted by Crippen LogP contribution is 2.30. The number of halogens is 1. The Morgan fingerprint density at radius 3 is 2.19 bits per heavy atom. The first-order valence-corrected chi connectivity index (χ1v) is 9.25. The molecule has 0 unspecified atom stereocenters. The quantitative estimate of drug-likeness (QED) is 0.389. The van der Waals surface area contributed by atoms with Crippen molar-refractivity contribution >= 4 is 15.9 Å². The van der Waals surface area contributed by atoms with Crippen LogP contribution in [0.15, 0.2) is 89.5 Å². The summed E-state index contributed by atoms with van der Waals surface area (Å²) in [6.07, 6.45) is 1.80. The minimum Gasteiger partial charge on any atom is -0.255 e. The Bertz CT molecular complexity index is 1040. The molecule has 2 aromatic carbocycles.